The summed E-state index contributed by atoms with van der Waals surface area (Å²) in [6.45, 7) is 2.15. The molecule has 5 heteroatoms. The Hall–Kier alpha value is -2.11. The molecule has 1 amide bonds. The predicted molar refractivity (Wildman–Crippen MR) is 106 cm³/mol. The smallest absolute Gasteiger partial charge is 0.220 e. The number of hydrogen-bond acceptors (Lipinski definition) is 4. The summed E-state index contributed by atoms with van der Waals surface area (Å²) in [4.78, 5) is 15.0. The zero-order valence-electron chi connectivity index (χ0n) is 16.3. The Morgan fingerprint density at radius 3 is 2.52 bits per heavy atom. The lowest BCUT2D eigenvalue weighted by atomic mass is 9.88. The van der Waals surface area contributed by atoms with Gasteiger partial charge in [0.1, 0.15) is 5.76 Å². The number of benzene rings is 1. The molecule has 27 heavy (non-hydrogen) atoms. The lowest BCUT2D eigenvalue weighted by Crippen LogP contribution is -2.55. The van der Waals surface area contributed by atoms with E-state index in [-0.39, 0.29) is 17.4 Å². The fraction of sp³-hybridized carbons (Fsp3) is 0.500. The first-order valence-electron chi connectivity index (χ1n) is 9.68. The third-order valence-corrected chi connectivity index (χ3v) is 5.69. The lowest BCUT2D eigenvalue weighted by Gasteiger charge is -2.42. The summed E-state index contributed by atoms with van der Waals surface area (Å²) in [7, 11) is 4.16. The molecule has 0 bridgehead atoms. The summed E-state index contributed by atoms with van der Waals surface area (Å²) < 4.78 is 11.1. The van der Waals surface area contributed by atoms with Gasteiger partial charge in [-0.25, -0.2) is 0 Å². The van der Waals surface area contributed by atoms with E-state index in [1.807, 2.05) is 30.3 Å². The van der Waals surface area contributed by atoms with Crippen molar-refractivity contribution in [3.8, 4) is 0 Å². The molecule has 1 N–H and O–H groups in total. The number of likely N-dealkylation sites (N-methyl/N-ethyl adjacent to an activating group) is 1. The number of carbonyl (C=O) groups excluding carboxylic acids is 1. The molecule has 146 valence electrons. The van der Waals surface area contributed by atoms with Crippen LogP contribution in [0.15, 0.2) is 53.1 Å². The van der Waals surface area contributed by atoms with Gasteiger partial charge in [0.05, 0.1) is 6.26 Å². The predicted octanol–water partition coefficient (Wildman–Crippen LogP) is 3.22. The van der Waals surface area contributed by atoms with Gasteiger partial charge in [0.2, 0.25) is 5.91 Å². The summed E-state index contributed by atoms with van der Waals surface area (Å²) in [5.74, 6) is 0.967. The Morgan fingerprint density at radius 1 is 1.15 bits per heavy atom. The van der Waals surface area contributed by atoms with E-state index in [1.165, 1.54) is 5.56 Å². The average Bonchev–Trinajstić information content (AvgIpc) is 3.22. The Balaban J connectivity index is 1.62. The molecule has 5 nitrogen and oxygen atoms in total. The molecule has 1 fully saturated rings. The molecule has 3 rings (SSSR count). The molecule has 1 aromatic carbocycles. The SMILES string of the molecule is CN(C)C1(CNC(=O)C[C@H](Cc2ccccc2)c2ccco2)CCOCC1. The van der Waals surface area contributed by atoms with Crippen molar-refractivity contribution >= 4 is 5.91 Å². The van der Waals surface area contributed by atoms with Gasteiger partial charge in [-0.15, -0.1) is 0 Å². The lowest BCUT2D eigenvalue weighted by molar-refractivity contribution is -0.122. The van der Waals surface area contributed by atoms with Gasteiger partial charge in [-0.1, -0.05) is 30.3 Å². The minimum atomic E-state index is -0.0203. The second kappa shape index (κ2) is 9.20. The van der Waals surface area contributed by atoms with Gasteiger partial charge in [0.25, 0.3) is 0 Å². The molecule has 1 atom stereocenters. The molecule has 1 aliphatic heterocycles. The Kier molecular flexibility index (Phi) is 6.69. The molecular weight excluding hydrogens is 340 g/mol. The van der Waals surface area contributed by atoms with Crippen LogP contribution in [0.4, 0.5) is 0 Å². The fourth-order valence-corrected chi connectivity index (χ4v) is 3.79. The van der Waals surface area contributed by atoms with E-state index in [1.54, 1.807) is 6.26 Å². The van der Waals surface area contributed by atoms with Gasteiger partial charge < -0.3 is 19.4 Å². The first-order valence-corrected chi connectivity index (χ1v) is 9.68. The van der Waals surface area contributed by atoms with Crippen molar-refractivity contribution in [2.45, 2.75) is 37.1 Å². The van der Waals surface area contributed by atoms with Crippen LogP contribution >= 0.6 is 0 Å². The largest absolute Gasteiger partial charge is 0.469 e. The third-order valence-electron chi connectivity index (χ3n) is 5.69. The Morgan fingerprint density at radius 2 is 1.89 bits per heavy atom. The van der Waals surface area contributed by atoms with Gasteiger partial charge in [-0.3, -0.25) is 4.79 Å². The summed E-state index contributed by atoms with van der Waals surface area (Å²) >= 11 is 0. The maximum atomic E-state index is 12.7. The summed E-state index contributed by atoms with van der Waals surface area (Å²) in [6, 6.07) is 14.1. The van der Waals surface area contributed by atoms with Gasteiger partial charge >= 0.3 is 0 Å². The van der Waals surface area contributed by atoms with E-state index in [2.05, 4.69) is 36.4 Å². The van der Waals surface area contributed by atoms with Crippen molar-refractivity contribution in [3.63, 3.8) is 0 Å². The number of ether oxygens (including phenoxy) is 1. The molecule has 0 radical (unpaired) electrons. The molecule has 2 aromatic rings. The van der Waals surface area contributed by atoms with Gasteiger partial charge in [0, 0.05) is 37.6 Å². The molecule has 1 aromatic heterocycles. The van der Waals surface area contributed by atoms with Crippen LogP contribution in [0.2, 0.25) is 0 Å². The van der Waals surface area contributed by atoms with Crippen molar-refractivity contribution in [1.29, 1.82) is 0 Å². The summed E-state index contributed by atoms with van der Waals surface area (Å²) in [6.07, 6.45) is 4.75. The number of hydrogen-bond donors (Lipinski definition) is 1. The number of amides is 1. The van der Waals surface area contributed by atoms with Crippen molar-refractivity contribution in [1.82, 2.24) is 10.2 Å². The van der Waals surface area contributed by atoms with Crippen molar-refractivity contribution in [2.75, 3.05) is 33.9 Å². The molecule has 0 unspecified atom stereocenters. The number of nitrogens with one attached hydrogen (secondary N) is 1. The fourth-order valence-electron chi connectivity index (χ4n) is 3.79. The first-order chi connectivity index (χ1) is 13.1. The zero-order valence-corrected chi connectivity index (χ0v) is 16.3. The molecular formula is C22H30N2O3. The van der Waals surface area contributed by atoms with Crippen molar-refractivity contribution in [3.05, 3.63) is 60.1 Å². The second-order valence-corrected chi connectivity index (χ2v) is 7.61. The van der Waals surface area contributed by atoms with Crippen LogP contribution in [-0.2, 0) is 16.0 Å². The van der Waals surface area contributed by atoms with Crippen LogP contribution in [0.25, 0.3) is 0 Å². The first kappa shape index (κ1) is 19.6. The Bertz CT molecular complexity index is 692. The van der Waals surface area contributed by atoms with Crippen LogP contribution in [0.5, 0.6) is 0 Å². The van der Waals surface area contributed by atoms with Crippen LogP contribution in [0, 0.1) is 0 Å². The summed E-state index contributed by atoms with van der Waals surface area (Å²) in [5, 5.41) is 3.17. The van der Waals surface area contributed by atoms with Crippen LogP contribution in [-0.4, -0.2) is 50.2 Å². The van der Waals surface area contributed by atoms with E-state index < -0.39 is 0 Å². The highest BCUT2D eigenvalue weighted by molar-refractivity contribution is 5.77. The average molecular weight is 370 g/mol. The van der Waals surface area contributed by atoms with E-state index in [0.29, 0.717) is 13.0 Å². The molecule has 0 spiro atoms. The maximum absolute atomic E-state index is 12.7. The third kappa shape index (κ3) is 5.21. The van der Waals surface area contributed by atoms with Crippen molar-refractivity contribution in [2.24, 2.45) is 0 Å². The minimum Gasteiger partial charge on any atom is -0.469 e. The normalized spacial score (nSPS) is 17.6. The van der Waals surface area contributed by atoms with Gasteiger partial charge in [-0.2, -0.15) is 0 Å². The second-order valence-electron chi connectivity index (χ2n) is 7.61. The number of furan rings is 1. The molecule has 1 saturated heterocycles. The molecule has 1 aliphatic rings. The molecule has 2 heterocycles. The van der Waals surface area contributed by atoms with E-state index >= 15 is 0 Å². The maximum Gasteiger partial charge on any atom is 0.220 e. The zero-order chi connectivity index (χ0) is 19.1. The van der Waals surface area contributed by atoms with Gasteiger partial charge in [0.15, 0.2) is 0 Å². The number of nitrogens with zero attached hydrogens (tertiary/aromatic N) is 1. The summed E-state index contributed by atoms with van der Waals surface area (Å²) in [5.41, 5.74) is 1.19. The molecule has 0 saturated carbocycles. The quantitative estimate of drug-likeness (QED) is 0.775. The highest BCUT2D eigenvalue weighted by atomic mass is 16.5. The Labute approximate surface area is 161 Å². The van der Waals surface area contributed by atoms with E-state index in [0.717, 1.165) is 38.2 Å². The van der Waals surface area contributed by atoms with Crippen LogP contribution in [0.3, 0.4) is 0 Å². The van der Waals surface area contributed by atoms with Crippen LogP contribution < -0.4 is 5.32 Å². The van der Waals surface area contributed by atoms with E-state index in [9.17, 15) is 4.79 Å². The monoisotopic (exact) mass is 370 g/mol. The van der Waals surface area contributed by atoms with Gasteiger partial charge in [-0.05, 0) is 51.1 Å². The van der Waals surface area contributed by atoms with Crippen molar-refractivity contribution < 1.29 is 13.9 Å². The standard InChI is InChI=1S/C22H30N2O3/c1-24(2)22(10-13-26-14-11-22)17-23-21(25)16-19(20-9-6-12-27-20)15-18-7-4-3-5-8-18/h3-9,12,19H,10-11,13-17H2,1-2H3,(H,23,25)/t19-/m0/s1. The topological polar surface area (TPSA) is 54.7 Å². The van der Waals surface area contributed by atoms with E-state index in [4.69, 9.17) is 9.15 Å². The number of rotatable bonds is 8. The highest BCUT2D eigenvalue weighted by Gasteiger charge is 2.35. The highest BCUT2D eigenvalue weighted by Crippen LogP contribution is 2.27. The number of carbonyl (C=O) groups is 1. The minimum absolute atomic E-state index is 0.0203. The molecule has 0 aliphatic carbocycles. The van der Waals surface area contributed by atoms with Crippen LogP contribution in [0.1, 0.15) is 36.5 Å².